The van der Waals surface area contributed by atoms with E-state index in [1.807, 2.05) is 12.1 Å². The number of benzene rings is 1. The van der Waals surface area contributed by atoms with Crippen LogP contribution in [0.25, 0.3) is 0 Å². The molecule has 24 heavy (non-hydrogen) atoms. The summed E-state index contributed by atoms with van der Waals surface area (Å²) in [4.78, 5) is 14.4. The van der Waals surface area contributed by atoms with Crippen LogP contribution < -0.4 is 20.3 Å². The lowest BCUT2D eigenvalue weighted by molar-refractivity contribution is 0.262. The van der Waals surface area contributed by atoms with Crippen LogP contribution >= 0.6 is 11.3 Å². The fraction of sp³-hybridized carbons (Fsp3) is 0.438. The molecule has 0 saturated carbocycles. The molecule has 2 N–H and O–H groups in total. The van der Waals surface area contributed by atoms with Crippen LogP contribution in [0.5, 0.6) is 5.75 Å². The van der Waals surface area contributed by atoms with Crippen molar-refractivity contribution < 1.29 is 9.53 Å². The summed E-state index contributed by atoms with van der Waals surface area (Å²) < 4.78 is 5.22. The first-order valence-corrected chi connectivity index (χ1v) is 8.77. The minimum Gasteiger partial charge on any atom is -0.495 e. The number of para-hydroxylation sites is 2. The van der Waals surface area contributed by atoms with Gasteiger partial charge in [-0.2, -0.15) is 0 Å². The molecule has 0 radical (unpaired) electrons. The number of amides is 2. The van der Waals surface area contributed by atoms with Crippen molar-refractivity contribution in [2.24, 2.45) is 5.92 Å². The third-order valence-electron chi connectivity index (χ3n) is 3.92. The zero-order valence-corrected chi connectivity index (χ0v) is 14.6. The van der Waals surface area contributed by atoms with Gasteiger partial charge < -0.3 is 15.0 Å². The number of carbonyl (C=O) groups is 1. The van der Waals surface area contributed by atoms with Gasteiger partial charge in [0.1, 0.15) is 5.75 Å². The summed E-state index contributed by atoms with van der Waals surface area (Å²) in [5.41, 5.74) is 0.604. The van der Waals surface area contributed by atoms with Gasteiger partial charge in [0, 0.05) is 13.1 Å². The zero-order chi connectivity index (χ0) is 16.9. The summed E-state index contributed by atoms with van der Waals surface area (Å²) >= 11 is 1.39. The lowest BCUT2D eigenvalue weighted by Gasteiger charge is -2.29. The minimum absolute atomic E-state index is 0.366. The Morgan fingerprint density at radius 3 is 2.96 bits per heavy atom. The van der Waals surface area contributed by atoms with Crippen molar-refractivity contribution in [3.8, 4) is 5.75 Å². The quantitative estimate of drug-likeness (QED) is 0.886. The Morgan fingerprint density at radius 2 is 2.17 bits per heavy atom. The molecule has 3 rings (SSSR count). The highest BCUT2D eigenvalue weighted by Gasteiger charge is 2.20. The third kappa shape index (κ3) is 3.94. The van der Waals surface area contributed by atoms with Crippen molar-refractivity contribution in [1.29, 1.82) is 0 Å². The van der Waals surface area contributed by atoms with Crippen LogP contribution in [0.1, 0.15) is 19.8 Å². The monoisotopic (exact) mass is 347 g/mol. The Kier molecular flexibility index (Phi) is 5.14. The van der Waals surface area contributed by atoms with Crippen LogP contribution in [0.2, 0.25) is 0 Å². The first-order valence-electron chi connectivity index (χ1n) is 7.95. The molecule has 2 aromatic rings. The second-order valence-electron chi connectivity index (χ2n) is 5.86. The molecule has 1 aliphatic heterocycles. The summed E-state index contributed by atoms with van der Waals surface area (Å²) in [6, 6.07) is 6.88. The molecule has 0 bridgehead atoms. The van der Waals surface area contributed by atoms with Gasteiger partial charge in [-0.15, -0.1) is 10.2 Å². The molecule has 0 aliphatic carbocycles. The molecule has 1 fully saturated rings. The van der Waals surface area contributed by atoms with E-state index in [1.165, 1.54) is 17.8 Å². The zero-order valence-electron chi connectivity index (χ0n) is 13.8. The standard InChI is InChI=1S/C16H21N5O2S/c1-11-6-5-9-21(10-11)16-20-19-15(24-16)18-14(22)17-12-7-3-4-8-13(12)23-2/h3-4,7-8,11H,5-6,9-10H2,1-2H3,(H2,17,18,19,22)/t11-/m1/s1. The van der Waals surface area contributed by atoms with Crippen molar-refractivity contribution in [2.45, 2.75) is 19.8 Å². The Balaban J connectivity index is 1.61. The largest absolute Gasteiger partial charge is 0.495 e. The molecular weight excluding hydrogens is 326 g/mol. The number of carbonyl (C=O) groups excluding carboxylic acids is 1. The van der Waals surface area contributed by atoms with Gasteiger partial charge in [-0.1, -0.05) is 30.4 Å². The molecule has 0 unspecified atom stereocenters. The highest BCUT2D eigenvalue weighted by molar-refractivity contribution is 7.19. The van der Waals surface area contributed by atoms with Gasteiger partial charge in [0.25, 0.3) is 0 Å². The van der Waals surface area contributed by atoms with Crippen molar-refractivity contribution in [3.05, 3.63) is 24.3 Å². The smallest absolute Gasteiger partial charge is 0.325 e. The predicted octanol–water partition coefficient (Wildman–Crippen LogP) is 3.43. The molecule has 1 aromatic carbocycles. The summed E-state index contributed by atoms with van der Waals surface area (Å²) in [7, 11) is 1.56. The fourth-order valence-corrected chi connectivity index (χ4v) is 3.53. The number of hydrogen-bond acceptors (Lipinski definition) is 6. The molecular formula is C16H21N5O2S. The summed E-state index contributed by atoms with van der Waals surface area (Å²) in [5, 5.41) is 15.1. The molecule has 0 spiro atoms. The van der Waals surface area contributed by atoms with E-state index in [9.17, 15) is 4.79 Å². The van der Waals surface area contributed by atoms with Gasteiger partial charge in [0.05, 0.1) is 12.8 Å². The van der Waals surface area contributed by atoms with Crippen molar-refractivity contribution in [3.63, 3.8) is 0 Å². The number of hydrogen-bond donors (Lipinski definition) is 2. The Morgan fingerprint density at radius 1 is 1.33 bits per heavy atom. The maximum atomic E-state index is 12.1. The summed E-state index contributed by atoms with van der Waals surface area (Å²) in [6.45, 7) is 4.22. The Labute approximate surface area is 145 Å². The van der Waals surface area contributed by atoms with Gasteiger partial charge in [-0.25, -0.2) is 4.79 Å². The van der Waals surface area contributed by atoms with Gasteiger partial charge in [-0.3, -0.25) is 5.32 Å². The van der Waals surface area contributed by atoms with E-state index in [-0.39, 0.29) is 6.03 Å². The van der Waals surface area contributed by atoms with E-state index >= 15 is 0 Å². The number of rotatable bonds is 4. The van der Waals surface area contributed by atoms with E-state index in [4.69, 9.17) is 4.74 Å². The molecule has 1 aliphatic rings. The Hall–Kier alpha value is -2.35. The van der Waals surface area contributed by atoms with E-state index in [0.717, 1.165) is 24.6 Å². The number of piperidine rings is 1. The molecule has 7 nitrogen and oxygen atoms in total. The molecule has 8 heteroatoms. The number of urea groups is 1. The molecule has 1 aromatic heterocycles. The van der Waals surface area contributed by atoms with Crippen LogP contribution in [-0.4, -0.2) is 36.4 Å². The number of nitrogens with zero attached hydrogens (tertiary/aromatic N) is 3. The van der Waals surface area contributed by atoms with Crippen molar-refractivity contribution >= 4 is 33.3 Å². The van der Waals surface area contributed by atoms with Crippen molar-refractivity contribution in [1.82, 2.24) is 10.2 Å². The van der Waals surface area contributed by atoms with E-state index in [0.29, 0.717) is 22.5 Å². The van der Waals surface area contributed by atoms with E-state index < -0.39 is 0 Å². The van der Waals surface area contributed by atoms with Crippen LogP contribution in [0.4, 0.5) is 20.7 Å². The maximum absolute atomic E-state index is 12.1. The number of aromatic nitrogens is 2. The first-order chi connectivity index (χ1) is 11.7. The first kappa shape index (κ1) is 16.5. The molecule has 2 heterocycles. The number of nitrogens with one attached hydrogen (secondary N) is 2. The van der Waals surface area contributed by atoms with Crippen LogP contribution in [-0.2, 0) is 0 Å². The topological polar surface area (TPSA) is 79.4 Å². The lowest BCUT2D eigenvalue weighted by Crippen LogP contribution is -2.34. The van der Waals surface area contributed by atoms with Crippen LogP contribution in [0.15, 0.2) is 24.3 Å². The third-order valence-corrected chi connectivity index (χ3v) is 4.82. The summed E-state index contributed by atoms with van der Waals surface area (Å²) in [6.07, 6.45) is 2.42. The second kappa shape index (κ2) is 7.48. The van der Waals surface area contributed by atoms with E-state index in [1.54, 1.807) is 19.2 Å². The minimum atomic E-state index is -0.366. The van der Waals surface area contributed by atoms with Crippen molar-refractivity contribution in [2.75, 3.05) is 35.7 Å². The SMILES string of the molecule is COc1ccccc1NC(=O)Nc1nnc(N2CCC[C@@H](C)C2)s1. The van der Waals surface area contributed by atoms with Crippen LogP contribution in [0.3, 0.4) is 0 Å². The normalized spacial score (nSPS) is 17.4. The average molecular weight is 347 g/mol. The van der Waals surface area contributed by atoms with Gasteiger partial charge in [-0.05, 0) is 30.9 Å². The highest BCUT2D eigenvalue weighted by atomic mass is 32.1. The number of ether oxygens (including phenoxy) is 1. The van der Waals surface area contributed by atoms with Gasteiger partial charge in [0.2, 0.25) is 10.3 Å². The predicted molar refractivity (Wildman–Crippen MR) is 96.2 cm³/mol. The lowest BCUT2D eigenvalue weighted by atomic mass is 10.0. The van der Waals surface area contributed by atoms with Crippen LogP contribution in [0, 0.1) is 5.92 Å². The van der Waals surface area contributed by atoms with E-state index in [2.05, 4.69) is 32.7 Å². The second-order valence-corrected chi connectivity index (χ2v) is 6.82. The highest BCUT2D eigenvalue weighted by Crippen LogP contribution is 2.28. The average Bonchev–Trinajstić information content (AvgIpc) is 3.03. The molecule has 1 atom stereocenters. The number of methoxy groups -OCH3 is 1. The fourth-order valence-electron chi connectivity index (χ4n) is 2.76. The maximum Gasteiger partial charge on any atom is 0.325 e. The molecule has 1 saturated heterocycles. The molecule has 128 valence electrons. The van der Waals surface area contributed by atoms with Gasteiger partial charge in [0.15, 0.2) is 0 Å². The number of anilines is 3. The van der Waals surface area contributed by atoms with Gasteiger partial charge >= 0.3 is 6.03 Å². The summed E-state index contributed by atoms with van der Waals surface area (Å²) in [5.74, 6) is 1.26. The molecule has 2 amide bonds. The Bertz CT molecular complexity index is 705.